The summed E-state index contributed by atoms with van der Waals surface area (Å²) < 4.78 is 44.6. The fraction of sp³-hybridized carbons (Fsp3) is 0.130. The molecule has 11 heteroatoms. The van der Waals surface area contributed by atoms with Gasteiger partial charge < -0.3 is 14.0 Å². The lowest BCUT2D eigenvalue weighted by atomic mass is 10.0. The molecule has 0 N–H and O–H groups in total. The Labute approximate surface area is 196 Å². The number of carbonyl (C=O) groups excluding carboxylic acids is 2. The molecule has 0 amide bonds. The van der Waals surface area contributed by atoms with E-state index in [-0.39, 0.29) is 45.5 Å². The topological polar surface area (TPSA) is 96.5 Å². The summed E-state index contributed by atoms with van der Waals surface area (Å²) in [4.78, 5) is 25.4. The van der Waals surface area contributed by atoms with Crippen molar-refractivity contribution in [2.45, 2.75) is 6.92 Å². The second-order valence-electron chi connectivity index (χ2n) is 6.86. The number of esters is 2. The third kappa shape index (κ3) is 4.15. The number of ether oxygens (including phenoxy) is 2. The molecule has 0 radical (unpaired) electrons. The molecule has 0 aliphatic carbocycles. The van der Waals surface area contributed by atoms with Crippen LogP contribution in [0.15, 0.2) is 53.2 Å². The molecule has 0 spiro atoms. The van der Waals surface area contributed by atoms with Crippen LogP contribution in [0.1, 0.15) is 27.8 Å². The molecule has 8 nitrogen and oxygen atoms in total. The number of nitrogens with zero attached hydrogens (tertiary/aromatic N) is 3. The molecule has 0 aliphatic rings. The number of hydrogen-bond donors (Lipinski definition) is 0. The number of rotatable bonds is 6. The van der Waals surface area contributed by atoms with Crippen LogP contribution in [0.4, 0.5) is 8.78 Å². The second kappa shape index (κ2) is 9.44. The van der Waals surface area contributed by atoms with Crippen molar-refractivity contribution in [2.75, 3.05) is 13.7 Å². The highest BCUT2D eigenvalue weighted by Gasteiger charge is 2.33. The number of methoxy groups -OCH3 is 1. The minimum absolute atomic E-state index is 0.0161. The smallest absolute Gasteiger partial charge is 0.359 e. The minimum atomic E-state index is -0.907. The first kappa shape index (κ1) is 23.1. The summed E-state index contributed by atoms with van der Waals surface area (Å²) in [6, 6.07) is 9.27. The van der Waals surface area contributed by atoms with Crippen LogP contribution in [0.2, 0.25) is 5.02 Å². The second-order valence-corrected chi connectivity index (χ2v) is 7.26. The van der Waals surface area contributed by atoms with Gasteiger partial charge in [-0.3, -0.25) is 0 Å². The minimum Gasteiger partial charge on any atom is -0.465 e. The summed E-state index contributed by atoms with van der Waals surface area (Å²) >= 11 is 6.16. The normalized spacial score (nSPS) is 10.9. The molecule has 2 aromatic heterocycles. The molecule has 34 heavy (non-hydrogen) atoms. The van der Waals surface area contributed by atoms with Crippen LogP contribution in [0.5, 0.6) is 0 Å². The molecule has 0 saturated heterocycles. The maximum atomic E-state index is 14.6. The van der Waals surface area contributed by atoms with Crippen molar-refractivity contribution in [3.8, 4) is 28.3 Å². The van der Waals surface area contributed by atoms with Gasteiger partial charge in [-0.1, -0.05) is 22.8 Å². The lowest BCUT2D eigenvalue weighted by Crippen LogP contribution is -2.09. The van der Waals surface area contributed by atoms with E-state index >= 15 is 0 Å². The van der Waals surface area contributed by atoms with Gasteiger partial charge in [-0.2, -0.15) is 5.10 Å². The Hall–Kier alpha value is -4.05. The first-order valence-corrected chi connectivity index (χ1v) is 10.3. The molecule has 4 aromatic rings. The van der Waals surface area contributed by atoms with Crippen LogP contribution < -0.4 is 0 Å². The summed E-state index contributed by atoms with van der Waals surface area (Å²) in [5.41, 5.74) is -0.432. The van der Waals surface area contributed by atoms with Gasteiger partial charge in [0.1, 0.15) is 22.9 Å². The fourth-order valence-electron chi connectivity index (χ4n) is 3.28. The molecule has 2 heterocycles. The maximum absolute atomic E-state index is 14.6. The van der Waals surface area contributed by atoms with Crippen molar-refractivity contribution in [1.29, 1.82) is 0 Å². The van der Waals surface area contributed by atoms with Crippen LogP contribution in [-0.4, -0.2) is 40.6 Å². The molecule has 174 valence electrons. The van der Waals surface area contributed by atoms with E-state index in [9.17, 15) is 18.4 Å². The summed E-state index contributed by atoms with van der Waals surface area (Å²) in [6.07, 6.45) is 1.37. The van der Waals surface area contributed by atoms with Gasteiger partial charge in [-0.05, 0) is 43.3 Å². The number of halogens is 3. The van der Waals surface area contributed by atoms with Crippen molar-refractivity contribution in [1.82, 2.24) is 14.9 Å². The Balaban J connectivity index is 1.96. The van der Waals surface area contributed by atoms with Crippen molar-refractivity contribution < 1.29 is 32.4 Å². The largest absolute Gasteiger partial charge is 0.465 e. The number of benzene rings is 2. The molecule has 0 aliphatic heterocycles. The molecule has 4 rings (SSSR count). The molecular formula is C23H16ClF2N3O5. The molecule has 0 atom stereocenters. The maximum Gasteiger partial charge on any atom is 0.359 e. The van der Waals surface area contributed by atoms with Crippen molar-refractivity contribution >= 4 is 23.5 Å². The van der Waals surface area contributed by atoms with E-state index in [1.807, 2.05) is 0 Å². The number of hydrogen-bond acceptors (Lipinski definition) is 7. The van der Waals surface area contributed by atoms with E-state index in [0.717, 1.165) is 13.2 Å². The average molecular weight is 488 g/mol. The number of aromatic nitrogens is 3. The lowest BCUT2D eigenvalue weighted by molar-refractivity contribution is 0.0517. The molecule has 2 aromatic carbocycles. The van der Waals surface area contributed by atoms with Crippen LogP contribution in [-0.2, 0) is 9.47 Å². The highest BCUT2D eigenvalue weighted by atomic mass is 35.5. The van der Waals surface area contributed by atoms with Gasteiger partial charge in [0, 0.05) is 6.20 Å². The third-order valence-electron chi connectivity index (χ3n) is 4.80. The molecule has 0 saturated carbocycles. The Morgan fingerprint density at radius 3 is 2.50 bits per heavy atom. The Morgan fingerprint density at radius 1 is 1.12 bits per heavy atom. The first-order valence-electron chi connectivity index (χ1n) is 9.91. The number of carbonyl (C=O) groups is 2. The zero-order valence-corrected chi connectivity index (χ0v) is 18.6. The highest BCUT2D eigenvalue weighted by Crippen LogP contribution is 2.38. The van der Waals surface area contributed by atoms with Gasteiger partial charge in [-0.15, -0.1) is 0 Å². The molecule has 0 bridgehead atoms. The quantitative estimate of drug-likeness (QED) is 0.349. The lowest BCUT2D eigenvalue weighted by Gasteiger charge is -2.05. The van der Waals surface area contributed by atoms with E-state index in [0.29, 0.717) is 5.69 Å². The van der Waals surface area contributed by atoms with Crippen molar-refractivity contribution in [2.24, 2.45) is 0 Å². The van der Waals surface area contributed by atoms with Crippen LogP contribution in [0.25, 0.3) is 28.3 Å². The van der Waals surface area contributed by atoms with Gasteiger partial charge in [-0.25, -0.2) is 23.1 Å². The Morgan fingerprint density at radius 2 is 1.85 bits per heavy atom. The molecule has 0 fully saturated rings. The van der Waals surface area contributed by atoms with Gasteiger partial charge in [0.2, 0.25) is 0 Å². The Kier molecular flexibility index (Phi) is 6.42. The molecule has 0 unspecified atom stereocenters. The standard InChI is InChI=1S/C23H16ClF2N3O5/c1-3-33-23(31)19-14(11-29(27-19)13-9-7-12(25)8-10-13)21-18(22(30)32-2)20(28-34-21)17-15(24)5-4-6-16(17)26/h4-11H,3H2,1-2H3. The van der Waals surface area contributed by atoms with E-state index in [2.05, 4.69) is 10.3 Å². The highest BCUT2D eigenvalue weighted by molar-refractivity contribution is 6.33. The van der Waals surface area contributed by atoms with Gasteiger partial charge in [0.15, 0.2) is 11.5 Å². The Bertz CT molecular complexity index is 1360. The van der Waals surface area contributed by atoms with E-state index in [4.69, 9.17) is 25.6 Å². The zero-order valence-electron chi connectivity index (χ0n) is 17.8. The van der Waals surface area contributed by atoms with Crippen LogP contribution in [0.3, 0.4) is 0 Å². The van der Waals surface area contributed by atoms with E-state index in [1.54, 1.807) is 6.92 Å². The third-order valence-corrected chi connectivity index (χ3v) is 5.11. The van der Waals surface area contributed by atoms with Crippen LogP contribution in [0, 0.1) is 11.6 Å². The summed E-state index contributed by atoms with van der Waals surface area (Å²) in [6.45, 7) is 1.67. The monoisotopic (exact) mass is 487 g/mol. The van der Waals surface area contributed by atoms with E-state index < -0.39 is 23.6 Å². The predicted molar refractivity (Wildman–Crippen MR) is 117 cm³/mol. The average Bonchev–Trinajstić information content (AvgIpc) is 3.44. The molecular weight excluding hydrogens is 472 g/mol. The van der Waals surface area contributed by atoms with Crippen molar-refractivity contribution in [3.05, 3.63) is 76.6 Å². The van der Waals surface area contributed by atoms with Crippen LogP contribution >= 0.6 is 11.6 Å². The summed E-state index contributed by atoms with van der Waals surface area (Å²) in [5, 5.41) is 8.07. The summed E-state index contributed by atoms with van der Waals surface area (Å²) in [5.74, 6) is -3.13. The van der Waals surface area contributed by atoms with Crippen molar-refractivity contribution in [3.63, 3.8) is 0 Å². The fourth-order valence-corrected chi connectivity index (χ4v) is 3.53. The summed E-state index contributed by atoms with van der Waals surface area (Å²) in [7, 11) is 1.13. The van der Waals surface area contributed by atoms with Gasteiger partial charge in [0.25, 0.3) is 0 Å². The first-order chi connectivity index (χ1) is 16.3. The SMILES string of the molecule is CCOC(=O)c1nn(-c2ccc(F)cc2)cc1-c1onc(-c2c(F)cccc2Cl)c1C(=O)OC. The van der Waals surface area contributed by atoms with Gasteiger partial charge in [0.05, 0.1) is 35.6 Å². The zero-order chi connectivity index (χ0) is 24.4. The predicted octanol–water partition coefficient (Wildman–Crippen LogP) is 5.09. The van der Waals surface area contributed by atoms with E-state index in [1.165, 1.54) is 47.3 Å². The van der Waals surface area contributed by atoms with Gasteiger partial charge >= 0.3 is 11.9 Å².